The van der Waals surface area contributed by atoms with Gasteiger partial charge in [0.15, 0.2) is 11.6 Å². The van der Waals surface area contributed by atoms with E-state index in [1.54, 1.807) is 18.0 Å². The molecule has 140 valence electrons. The minimum absolute atomic E-state index is 0.0241. The molecule has 1 aromatic carbocycles. The van der Waals surface area contributed by atoms with Crippen molar-refractivity contribution in [2.45, 2.75) is 0 Å². The molecule has 0 atom stereocenters. The highest BCUT2D eigenvalue weighted by atomic mass is 19.1. The minimum Gasteiger partial charge on any atom is -0.453 e. The standard InChI is InChI=1S/C19H20FN5O2/c1-22-13-2-4-17(15(20)12-13)27-16-6-7-24-19(21)14(16)3-5-18(26)25-10-8-23-9-11-25/h2,4,6-7,12,22-23H,8-11H2,1H3,(H2,21,24). The molecule has 0 bridgehead atoms. The maximum Gasteiger partial charge on any atom is 0.298 e. The minimum atomic E-state index is -0.534. The number of anilines is 2. The van der Waals surface area contributed by atoms with Crippen LogP contribution in [0.4, 0.5) is 15.9 Å². The largest absolute Gasteiger partial charge is 0.453 e. The van der Waals surface area contributed by atoms with E-state index >= 15 is 0 Å². The van der Waals surface area contributed by atoms with Gasteiger partial charge in [-0.3, -0.25) is 4.79 Å². The van der Waals surface area contributed by atoms with E-state index in [0.717, 1.165) is 13.1 Å². The third-order valence-corrected chi connectivity index (χ3v) is 4.08. The van der Waals surface area contributed by atoms with Crippen LogP contribution < -0.4 is 21.1 Å². The molecule has 0 radical (unpaired) electrons. The summed E-state index contributed by atoms with van der Waals surface area (Å²) in [4.78, 5) is 17.9. The fraction of sp³-hybridized carbons (Fsp3) is 0.263. The van der Waals surface area contributed by atoms with Gasteiger partial charge in [0.25, 0.3) is 5.91 Å². The number of nitrogens with zero attached hydrogens (tertiary/aromatic N) is 2. The van der Waals surface area contributed by atoms with Crippen LogP contribution in [0.15, 0.2) is 30.5 Å². The zero-order valence-corrected chi connectivity index (χ0v) is 14.9. The molecule has 0 spiro atoms. The molecule has 1 fully saturated rings. The number of nitrogens with one attached hydrogen (secondary N) is 2. The fourth-order valence-corrected chi connectivity index (χ4v) is 2.59. The normalized spacial score (nSPS) is 13.5. The number of amides is 1. The second-order valence-corrected chi connectivity index (χ2v) is 5.86. The van der Waals surface area contributed by atoms with Crippen molar-refractivity contribution in [3.8, 4) is 23.3 Å². The summed E-state index contributed by atoms with van der Waals surface area (Å²) in [6.45, 7) is 2.67. The molecule has 27 heavy (non-hydrogen) atoms. The average molecular weight is 369 g/mol. The summed E-state index contributed by atoms with van der Waals surface area (Å²) in [6.07, 6.45) is 1.44. The number of carbonyl (C=O) groups is 1. The van der Waals surface area contributed by atoms with Gasteiger partial charge in [-0.15, -0.1) is 0 Å². The molecular formula is C19H20FN5O2. The number of nitrogen functional groups attached to an aromatic ring is 1. The second kappa shape index (κ2) is 8.38. The van der Waals surface area contributed by atoms with E-state index in [4.69, 9.17) is 10.5 Å². The van der Waals surface area contributed by atoms with Crippen molar-refractivity contribution in [2.75, 3.05) is 44.3 Å². The van der Waals surface area contributed by atoms with Crippen LogP contribution in [0.2, 0.25) is 0 Å². The third kappa shape index (κ3) is 4.46. The maximum absolute atomic E-state index is 14.2. The molecule has 0 saturated carbocycles. The van der Waals surface area contributed by atoms with Gasteiger partial charge in [-0.1, -0.05) is 0 Å². The van der Waals surface area contributed by atoms with Gasteiger partial charge in [0, 0.05) is 63.2 Å². The first-order valence-electron chi connectivity index (χ1n) is 8.50. The number of halogens is 1. The topological polar surface area (TPSA) is 92.5 Å². The summed E-state index contributed by atoms with van der Waals surface area (Å²) in [7, 11) is 1.70. The van der Waals surface area contributed by atoms with Crippen molar-refractivity contribution < 1.29 is 13.9 Å². The molecule has 1 aromatic heterocycles. The number of piperazine rings is 1. The van der Waals surface area contributed by atoms with Crippen molar-refractivity contribution in [3.05, 3.63) is 41.8 Å². The van der Waals surface area contributed by atoms with Crippen LogP contribution >= 0.6 is 0 Å². The Labute approximate surface area is 156 Å². The Morgan fingerprint density at radius 3 is 2.81 bits per heavy atom. The number of nitrogens with two attached hydrogens (primary N) is 1. The molecule has 2 heterocycles. The Bertz CT molecular complexity index is 901. The Morgan fingerprint density at radius 1 is 1.33 bits per heavy atom. The first kappa shape index (κ1) is 18.5. The van der Waals surface area contributed by atoms with E-state index in [1.165, 1.54) is 24.4 Å². The van der Waals surface area contributed by atoms with Crippen molar-refractivity contribution in [1.82, 2.24) is 15.2 Å². The van der Waals surface area contributed by atoms with Crippen LogP contribution in [-0.4, -0.2) is 49.0 Å². The molecule has 1 aliphatic heterocycles. The highest BCUT2D eigenvalue weighted by Crippen LogP contribution is 2.30. The van der Waals surface area contributed by atoms with Crippen molar-refractivity contribution in [2.24, 2.45) is 0 Å². The Hall–Kier alpha value is -3.31. The summed E-state index contributed by atoms with van der Waals surface area (Å²) in [5.41, 5.74) is 6.76. The van der Waals surface area contributed by atoms with E-state index in [9.17, 15) is 9.18 Å². The molecule has 1 aliphatic rings. The van der Waals surface area contributed by atoms with Crippen LogP contribution in [0.25, 0.3) is 0 Å². The predicted octanol–water partition coefficient (Wildman–Crippen LogP) is 1.42. The van der Waals surface area contributed by atoms with Gasteiger partial charge in [0.2, 0.25) is 0 Å². The number of benzene rings is 1. The first-order chi connectivity index (χ1) is 13.1. The predicted molar refractivity (Wildman–Crippen MR) is 101 cm³/mol. The zero-order valence-electron chi connectivity index (χ0n) is 14.9. The van der Waals surface area contributed by atoms with E-state index in [-0.39, 0.29) is 28.8 Å². The highest BCUT2D eigenvalue weighted by molar-refractivity contribution is 5.94. The van der Waals surface area contributed by atoms with Gasteiger partial charge >= 0.3 is 0 Å². The second-order valence-electron chi connectivity index (χ2n) is 5.86. The number of carbonyl (C=O) groups excluding carboxylic acids is 1. The lowest BCUT2D eigenvalue weighted by molar-refractivity contribution is -0.125. The molecule has 8 heteroatoms. The molecule has 1 amide bonds. The van der Waals surface area contributed by atoms with Gasteiger partial charge in [0.1, 0.15) is 17.1 Å². The van der Waals surface area contributed by atoms with E-state index in [1.807, 2.05) is 0 Å². The van der Waals surface area contributed by atoms with Crippen LogP contribution in [0.3, 0.4) is 0 Å². The summed E-state index contributed by atoms with van der Waals surface area (Å²) in [6, 6.07) is 6.03. The van der Waals surface area contributed by atoms with E-state index < -0.39 is 5.82 Å². The van der Waals surface area contributed by atoms with E-state index in [0.29, 0.717) is 18.8 Å². The Morgan fingerprint density at radius 2 is 2.11 bits per heavy atom. The van der Waals surface area contributed by atoms with Crippen molar-refractivity contribution in [3.63, 3.8) is 0 Å². The summed E-state index contributed by atoms with van der Waals surface area (Å²) < 4.78 is 19.8. The lowest BCUT2D eigenvalue weighted by atomic mass is 10.2. The number of hydrogen-bond acceptors (Lipinski definition) is 6. The average Bonchev–Trinajstić information content (AvgIpc) is 2.69. The SMILES string of the molecule is CNc1ccc(Oc2ccnc(N)c2C#CC(=O)N2CCNCC2)c(F)c1. The van der Waals surface area contributed by atoms with Crippen LogP contribution in [-0.2, 0) is 4.79 Å². The zero-order chi connectivity index (χ0) is 19.2. The summed E-state index contributed by atoms with van der Waals surface area (Å²) in [5.74, 6) is 4.85. The number of rotatable bonds is 3. The quantitative estimate of drug-likeness (QED) is 0.709. The van der Waals surface area contributed by atoms with Gasteiger partial charge in [0.05, 0.1) is 0 Å². The van der Waals surface area contributed by atoms with Crippen LogP contribution in [0.1, 0.15) is 5.56 Å². The molecular weight excluding hydrogens is 349 g/mol. The number of pyridine rings is 1. The van der Waals surface area contributed by atoms with Gasteiger partial charge in [-0.05, 0) is 18.1 Å². The maximum atomic E-state index is 14.2. The molecule has 4 N–H and O–H groups in total. The molecule has 3 rings (SSSR count). The smallest absolute Gasteiger partial charge is 0.298 e. The van der Waals surface area contributed by atoms with Gasteiger partial charge in [-0.2, -0.15) is 0 Å². The lowest BCUT2D eigenvalue weighted by Crippen LogP contribution is -2.46. The number of ether oxygens (including phenoxy) is 1. The van der Waals surface area contributed by atoms with Crippen molar-refractivity contribution in [1.29, 1.82) is 0 Å². The van der Waals surface area contributed by atoms with E-state index in [2.05, 4.69) is 27.5 Å². The molecule has 1 saturated heterocycles. The number of hydrogen-bond donors (Lipinski definition) is 3. The molecule has 7 nitrogen and oxygen atoms in total. The van der Waals surface area contributed by atoms with Crippen molar-refractivity contribution >= 4 is 17.4 Å². The molecule has 2 aromatic rings. The van der Waals surface area contributed by atoms with Crippen LogP contribution in [0, 0.1) is 17.7 Å². The molecule has 0 unspecified atom stereocenters. The fourth-order valence-electron chi connectivity index (χ4n) is 2.59. The third-order valence-electron chi connectivity index (χ3n) is 4.08. The first-order valence-corrected chi connectivity index (χ1v) is 8.50. The van der Waals surface area contributed by atoms with Crippen LogP contribution in [0.5, 0.6) is 11.5 Å². The van der Waals surface area contributed by atoms with Gasteiger partial charge < -0.3 is 26.0 Å². The summed E-state index contributed by atoms with van der Waals surface area (Å²) >= 11 is 0. The Balaban J connectivity index is 1.85. The lowest BCUT2D eigenvalue weighted by Gasteiger charge is -2.25. The van der Waals surface area contributed by atoms with Gasteiger partial charge in [-0.25, -0.2) is 9.37 Å². The highest BCUT2D eigenvalue weighted by Gasteiger charge is 2.15. The molecule has 0 aliphatic carbocycles. The monoisotopic (exact) mass is 369 g/mol. The number of aromatic nitrogens is 1. The Kier molecular flexibility index (Phi) is 5.74. The summed E-state index contributed by atoms with van der Waals surface area (Å²) in [5, 5.41) is 6.02.